The number of nitrogens with zero attached hydrogens (tertiary/aromatic N) is 6. The summed E-state index contributed by atoms with van der Waals surface area (Å²) in [6, 6.07) is 16.4. The van der Waals surface area contributed by atoms with Crippen LogP contribution in [0.3, 0.4) is 0 Å². The molecule has 1 aliphatic rings. The number of aromatic nitrogens is 5. The molecule has 4 heterocycles. The Morgan fingerprint density at radius 1 is 0.865 bits per heavy atom. The summed E-state index contributed by atoms with van der Waals surface area (Å²) in [7, 11) is 0. The second kappa shape index (κ2) is 10.4. The van der Waals surface area contributed by atoms with Crippen LogP contribution in [-0.2, 0) is 6.54 Å². The molecular formula is C29H28FN7. The standard InChI is InChI=1S/C29H28FN7/c30-26-7-3-2-6-24(26)28-17-23(10-11-31-28)35-29-25-9-8-21(16-27(25)32-20-33-29)22-18-34-37(19-22)15-14-36-12-4-1-5-13-36/h2-3,6-11,16-20H,1,4-5,12-15H2,(H,31,32,33,35). The number of piperidine rings is 1. The van der Waals surface area contributed by atoms with E-state index in [1.54, 1.807) is 30.7 Å². The number of hydrogen-bond donors (Lipinski definition) is 1. The number of likely N-dealkylation sites (tertiary alicyclic amines) is 1. The van der Waals surface area contributed by atoms with E-state index in [9.17, 15) is 4.39 Å². The van der Waals surface area contributed by atoms with Crippen LogP contribution in [0.2, 0.25) is 0 Å². The minimum absolute atomic E-state index is 0.304. The van der Waals surface area contributed by atoms with E-state index in [2.05, 4.69) is 48.6 Å². The van der Waals surface area contributed by atoms with Crippen molar-refractivity contribution in [1.29, 1.82) is 0 Å². The topological polar surface area (TPSA) is 71.8 Å². The van der Waals surface area contributed by atoms with Gasteiger partial charge in [-0.05, 0) is 67.9 Å². The molecule has 0 saturated carbocycles. The van der Waals surface area contributed by atoms with Crippen molar-refractivity contribution in [2.24, 2.45) is 0 Å². The highest BCUT2D eigenvalue weighted by atomic mass is 19.1. The van der Waals surface area contributed by atoms with Gasteiger partial charge in [0.2, 0.25) is 0 Å². The maximum absolute atomic E-state index is 14.3. The number of pyridine rings is 1. The van der Waals surface area contributed by atoms with Gasteiger partial charge in [-0.25, -0.2) is 14.4 Å². The quantitative estimate of drug-likeness (QED) is 0.303. The fourth-order valence-corrected chi connectivity index (χ4v) is 4.86. The van der Waals surface area contributed by atoms with Crippen LogP contribution in [-0.4, -0.2) is 49.3 Å². The summed E-state index contributed by atoms with van der Waals surface area (Å²) in [5, 5.41) is 8.83. The van der Waals surface area contributed by atoms with Crippen LogP contribution in [0, 0.1) is 5.82 Å². The first kappa shape index (κ1) is 23.2. The van der Waals surface area contributed by atoms with Gasteiger partial charge in [0.1, 0.15) is 18.0 Å². The molecular weight excluding hydrogens is 465 g/mol. The monoisotopic (exact) mass is 493 g/mol. The van der Waals surface area contributed by atoms with E-state index in [-0.39, 0.29) is 5.82 Å². The fourth-order valence-electron chi connectivity index (χ4n) is 4.86. The van der Waals surface area contributed by atoms with Crippen LogP contribution < -0.4 is 5.32 Å². The molecule has 37 heavy (non-hydrogen) atoms. The molecule has 0 atom stereocenters. The molecule has 8 heteroatoms. The molecule has 0 aliphatic carbocycles. The van der Waals surface area contributed by atoms with E-state index >= 15 is 0 Å². The highest BCUT2D eigenvalue weighted by Crippen LogP contribution is 2.29. The first-order valence-electron chi connectivity index (χ1n) is 12.7. The lowest BCUT2D eigenvalue weighted by Gasteiger charge is -2.26. The van der Waals surface area contributed by atoms with Crippen LogP contribution in [0.25, 0.3) is 33.3 Å². The Bertz CT molecular complexity index is 1520. The number of halogens is 1. The molecule has 1 aliphatic heterocycles. The Labute approximate surface area is 215 Å². The Hall–Kier alpha value is -4.17. The van der Waals surface area contributed by atoms with Crippen LogP contribution >= 0.6 is 0 Å². The number of anilines is 2. The number of rotatable bonds is 7. The van der Waals surface area contributed by atoms with Gasteiger partial charge in [0, 0.05) is 41.1 Å². The average Bonchev–Trinajstić information content (AvgIpc) is 3.42. The predicted molar refractivity (Wildman–Crippen MR) is 144 cm³/mol. The van der Waals surface area contributed by atoms with Gasteiger partial charge in [0.25, 0.3) is 0 Å². The SMILES string of the molecule is Fc1ccccc1-c1cc(Nc2ncnc3cc(-c4cnn(CCN5CCCCC5)c4)ccc23)ccn1. The molecule has 6 rings (SSSR count). The molecule has 2 aromatic carbocycles. The van der Waals surface area contributed by atoms with E-state index in [1.807, 2.05) is 29.1 Å². The molecule has 1 saturated heterocycles. The molecule has 7 nitrogen and oxygen atoms in total. The van der Waals surface area contributed by atoms with Gasteiger partial charge in [0.15, 0.2) is 0 Å². The minimum atomic E-state index is -0.304. The second-order valence-electron chi connectivity index (χ2n) is 9.38. The van der Waals surface area contributed by atoms with Crippen molar-refractivity contribution in [2.45, 2.75) is 25.8 Å². The molecule has 0 bridgehead atoms. The highest BCUT2D eigenvalue weighted by molar-refractivity contribution is 5.93. The third-order valence-corrected chi connectivity index (χ3v) is 6.87. The zero-order chi connectivity index (χ0) is 25.0. The molecule has 0 amide bonds. The summed E-state index contributed by atoms with van der Waals surface area (Å²) in [6.07, 6.45) is 11.2. The van der Waals surface area contributed by atoms with Gasteiger partial charge >= 0.3 is 0 Å². The summed E-state index contributed by atoms with van der Waals surface area (Å²) < 4.78 is 16.3. The Kier molecular flexibility index (Phi) is 6.56. The van der Waals surface area contributed by atoms with Crippen molar-refractivity contribution in [3.05, 3.63) is 85.3 Å². The van der Waals surface area contributed by atoms with Crippen molar-refractivity contribution < 1.29 is 4.39 Å². The fraction of sp³-hybridized carbons (Fsp3) is 0.241. The summed E-state index contributed by atoms with van der Waals surface area (Å²) in [4.78, 5) is 15.8. The van der Waals surface area contributed by atoms with Gasteiger partial charge in [-0.3, -0.25) is 9.67 Å². The average molecular weight is 494 g/mol. The van der Waals surface area contributed by atoms with Crippen molar-refractivity contribution in [3.63, 3.8) is 0 Å². The third kappa shape index (κ3) is 5.20. The molecule has 3 aromatic heterocycles. The van der Waals surface area contributed by atoms with E-state index in [4.69, 9.17) is 0 Å². The summed E-state index contributed by atoms with van der Waals surface area (Å²) >= 11 is 0. The van der Waals surface area contributed by atoms with Crippen molar-refractivity contribution in [3.8, 4) is 22.4 Å². The highest BCUT2D eigenvalue weighted by Gasteiger charge is 2.12. The zero-order valence-electron chi connectivity index (χ0n) is 20.5. The van der Waals surface area contributed by atoms with E-state index in [0.717, 1.165) is 40.8 Å². The molecule has 1 fully saturated rings. The first-order chi connectivity index (χ1) is 18.2. The largest absolute Gasteiger partial charge is 0.340 e. The molecule has 0 spiro atoms. The van der Waals surface area contributed by atoms with Gasteiger partial charge in [-0.1, -0.05) is 24.6 Å². The third-order valence-electron chi connectivity index (χ3n) is 6.87. The Morgan fingerprint density at radius 3 is 2.65 bits per heavy atom. The number of hydrogen-bond acceptors (Lipinski definition) is 6. The predicted octanol–water partition coefficient (Wildman–Crippen LogP) is 5.92. The molecule has 0 unspecified atom stereocenters. The maximum Gasteiger partial charge on any atom is 0.141 e. The van der Waals surface area contributed by atoms with Gasteiger partial charge in [-0.15, -0.1) is 0 Å². The lowest BCUT2D eigenvalue weighted by atomic mass is 10.1. The lowest BCUT2D eigenvalue weighted by molar-refractivity contribution is 0.218. The number of benzene rings is 2. The van der Waals surface area contributed by atoms with E-state index in [0.29, 0.717) is 17.1 Å². The maximum atomic E-state index is 14.3. The smallest absolute Gasteiger partial charge is 0.141 e. The van der Waals surface area contributed by atoms with E-state index < -0.39 is 0 Å². The van der Waals surface area contributed by atoms with E-state index in [1.165, 1.54) is 38.4 Å². The van der Waals surface area contributed by atoms with Crippen molar-refractivity contribution in [1.82, 2.24) is 29.6 Å². The number of fused-ring (bicyclic) bond motifs is 1. The minimum Gasteiger partial charge on any atom is -0.340 e. The normalized spacial score (nSPS) is 14.2. The van der Waals surface area contributed by atoms with Crippen LogP contribution in [0.15, 0.2) is 79.5 Å². The Balaban J connectivity index is 1.21. The van der Waals surface area contributed by atoms with Crippen LogP contribution in [0.5, 0.6) is 0 Å². The lowest BCUT2D eigenvalue weighted by Crippen LogP contribution is -2.32. The second-order valence-corrected chi connectivity index (χ2v) is 9.38. The van der Waals surface area contributed by atoms with Gasteiger partial charge in [-0.2, -0.15) is 5.10 Å². The molecule has 5 aromatic rings. The first-order valence-corrected chi connectivity index (χ1v) is 12.7. The van der Waals surface area contributed by atoms with Gasteiger partial charge < -0.3 is 10.2 Å². The van der Waals surface area contributed by atoms with Crippen LogP contribution in [0.1, 0.15) is 19.3 Å². The van der Waals surface area contributed by atoms with Crippen LogP contribution in [0.4, 0.5) is 15.9 Å². The molecule has 1 N–H and O–H groups in total. The molecule has 186 valence electrons. The number of nitrogens with one attached hydrogen (secondary N) is 1. The Morgan fingerprint density at radius 2 is 1.76 bits per heavy atom. The summed E-state index contributed by atoms with van der Waals surface area (Å²) in [5.41, 5.74) is 4.75. The summed E-state index contributed by atoms with van der Waals surface area (Å²) in [5.74, 6) is 0.376. The van der Waals surface area contributed by atoms with Crippen molar-refractivity contribution in [2.75, 3.05) is 25.0 Å². The van der Waals surface area contributed by atoms with Gasteiger partial charge in [0.05, 0.1) is 24.0 Å². The zero-order valence-corrected chi connectivity index (χ0v) is 20.5. The summed E-state index contributed by atoms with van der Waals surface area (Å²) in [6.45, 7) is 4.32. The molecule has 0 radical (unpaired) electrons. The van der Waals surface area contributed by atoms with Crippen molar-refractivity contribution >= 4 is 22.4 Å².